The van der Waals surface area contributed by atoms with Gasteiger partial charge in [0.25, 0.3) is 0 Å². The van der Waals surface area contributed by atoms with Crippen LogP contribution >= 0.6 is 11.6 Å². The molecule has 0 radical (unpaired) electrons. The van der Waals surface area contributed by atoms with Crippen molar-refractivity contribution >= 4 is 23.3 Å². The molecule has 1 aliphatic carbocycles. The number of aromatic nitrogens is 2. The van der Waals surface area contributed by atoms with Gasteiger partial charge in [0.1, 0.15) is 5.88 Å². The van der Waals surface area contributed by atoms with Gasteiger partial charge < -0.3 is 5.32 Å². The Morgan fingerprint density at radius 1 is 1.53 bits per heavy atom. The van der Waals surface area contributed by atoms with Crippen LogP contribution in [0.15, 0.2) is 6.20 Å². The molecule has 0 bridgehead atoms. The number of halogens is 1. The number of alkyl halides is 1. The molecule has 0 aromatic carbocycles. The first-order chi connectivity index (χ1) is 8.20. The number of nitrogens with zero attached hydrogens (tertiary/aromatic N) is 2. The van der Waals surface area contributed by atoms with Gasteiger partial charge in [-0.2, -0.15) is 5.10 Å². The van der Waals surface area contributed by atoms with Crippen molar-refractivity contribution in [2.24, 2.45) is 0 Å². The molecule has 0 unspecified atom stereocenters. The molecule has 1 heterocycles. The highest BCUT2D eigenvalue weighted by molar-refractivity contribution is 6.29. The molecule has 1 N–H and O–H groups in total. The normalized spacial score (nSPS) is 17.1. The molecule has 94 valence electrons. The molecule has 5 heteroatoms. The number of amides is 1. The molecule has 1 aliphatic rings. The molecule has 1 saturated carbocycles. The van der Waals surface area contributed by atoms with E-state index in [1.807, 2.05) is 17.8 Å². The van der Waals surface area contributed by atoms with Gasteiger partial charge in [-0.05, 0) is 19.8 Å². The van der Waals surface area contributed by atoms with Crippen molar-refractivity contribution in [1.29, 1.82) is 0 Å². The minimum absolute atomic E-state index is 0.0320. The second-order valence-corrected chi connectivity index (χ2v) is 4.88. The first-order valence-electron chi connectivity index (χ1n) is 6.12. The fraction of sp³-hybridized carbons (Fsp3) is 0.667. The highest BCUT2D eigenvalue weighted by atomic mass is 35.5. The Balaban J connectivity index is 2.09. The molecule has 1 amide bonds. The van der Waals surface area contributed by atoms with E-state index < -0.39 is 0 Å². The largest absolute Gasteiger partial charge is 0.308 e. The minimum Gasteiger partial charge on any atom is -0.308 e. The number of rotatable bonds is 3. The van der Waals surface area contributed by atoms with E-state index >= 15 is 0 Å². The summed E-state index contributed by atoms with van der Waals surface area (Å²) in [6, 6.07) is 0.490. The highest BCUT2D eigenvalue weighted by Crippen LogP contribution is 2.28. The van der Waals surface area contributed by atoms with E-state index in [1.165, 1.54) is 32.1 Å². The number of nitrogens with one attached hydrogen (secondary N) is 1. The maximum Gasteiger partial charge on any atom is 0.240 e. The van der Waals surface area contributed by atoms with Gasteiger partial charge in [0, 0.05) is 11.8 Å². The summed E-state index contributed by atoms with van der Waals surface area (Å²) >= 11 is 5.46. The van der Waals surface area contributed by atoms with Crippen molar-refractivity contribution in [3.8, 4) is 0 Å². The van der Waals surface area contributed by atoms with Crippen LogP contribution in [0.25, 0.3) is 0 Å². The molecule has 0 atom stereocenters. The predicted molar refractivity (Wildman–Crippen MR) is 68.4 cm³/mol. The molecule has 0 saturated heterocycles. The standard InChI is InChI=1S/C12H18ClN3O/c1-9-8-16(10-5-3-2-4-6-10)15-12(9)14-11(17)7-13/h8,10H,2-7H2,1H3,(H,14,15,17). The van der Waals surface area contributed by atoms with E-state index in [4.69, 9.17) is 11.6 Å². The van der Waals surface area contributed by atoms with Gasteiger partial charge in [-0.3, -0.25) is 9.48 Å². The molecule has 17 heavy (non-hydrogen) atoms. The third-order valence-electron chi connectivity index (χ3n) is 3.24. The van der Waals surface area contributed by atoms with Crippen molar-refractivity contribution in [3.05, 3.63) is 11.8 Å². The van der Waals surface area contributed by atoms with Gasteiger partial charge in [-0.15, -0.1) is 11.6 Å². The summed E-state index contributed by atoms with van der Waals surface area (Å²) in [5.41, 5.74) is 0.994. The zero-order valence-electron chi connectivity index (χ0n) is 10.1. The summed E-state index contributed by atoms with van der Waals surface area (Å²) in [4.78, 5) is 11.2. The van der Waals surface area contributed by atoms with Crippen molar-refractivity contribution in [2.75, 3.05) is 11.2 Å². The number of carbonyl (C=O) groups is 1. The van der Waals surface area contributed by atoms with Crippen molar-refractivity contribution in [3.63, 3.8) is 0 Å². The average Bonchev–Trinajstić information content (AvgIpc) is 2.72. The van der Waals surface area contributed by atoms with Crippen LogP contribution in [0, 0.1) is 6.92 Å². The Labute approximate surface area is 106 Å². The monoisotopic (exact) mass is 255 g/mol. The Bertz CT molecular complexity index is 396. The van der Waals surface area contributed by atoms with Crippen molar-refractivity contribution in [2.45, 2.75) is 45.1 Å². The summed E-state index contributed by atoms with van der Waals surface area (Å²) in [5.74, 6) is 0.403. The van der Waals surface area contributed by atoms with Crippen LogP contribution in [-0.2, 0) is 4.79 Å². The van der Waals surface area contributed by atoms with Crippen molar-refractivity contribution in [1.82, 2.24) is 9.78 Å². The zero-order valence-corrected chi connectivity index (χ0v) is 10.8. The third kappa shape index (κ3) is 3.00. The van der Waals surface area contributed by atoms with Crippen molar-refractivity contribution < 1.29 is 4.79 Å². The molecular formula is C12H18ClN3O. The van der Waals surface area contributed by atoms with Gasteiger partial charge in [-0.1, -0.05) is 19.3 Å². The van der Waals surface area contributed by atoms with E-state index in [9.17, 15) is 4.79 Å². The molecule has 1 aromatic rings. The number of anilines is 1. The maximum atomic E-state index is 11.2. The Morgan fingerprint density at radius 3 is 2.88 bits per heavy atom. The van der Waals surface area contributed by atoms with E-state index in [0.29, 0.717) is 11.9 Å². The molecular weight excluding hydrogens is 238 g/mol. The lowest BCUT2D eigenvalue weighted by molar-refractivity contribution is -0.113. The lowest BCUT2D eigenvalue weighted by atomic mass is 9.96. The van der Waals surface area contributed by atoms with Gasteiger partial charge in [0.15, 0.2) is 5.82 Å². The smallest absolute Gasteiger partial charge is 0.240 e. The molecule has 2 rings (SSSR count). The van der Waals surface area contributed by atoms with Crippen LogP contribution in [0.5, 0.6) is 0 Å². The Hall–Kier alpha value is -1.03. The van der Waals surface area contributed by atoms with Crippen LogP contribution in [0.3, 0.4) is 0 Å². The van der Waals surface area contributed by atoms with Crippen LogP contribution in [0.2, 0.25) is 0 Å². The van der Waals surface area contributed by atoms with Crippen LogP contribution < -0.4 is 5.32 Å². The van der Waals surface area contributed by atoms with E-state index in [-0.39, 0.29) is 11.8 Å². The second-order valence-electron chi connectivity index (χ2n) is 4.61. The number of hydrogen-bond donors (Lipinski definition) is 1. The molecule has 0 aliphatic heterocycles. The summed E-state index contributed by atoms with van der Waals surface area (Å²) in [6.45, 7) is 1.95. The van der Waals surface area contributed by atoms with Crippen LogP contribution in [0.1, 0.15) is 43.7 Å². The summed E-state index contributed by atoms with van der Waals surface area (Å²) in [7, 11) is 0. The summed E-state index contributed by atoms with van der Waals surface area (Å²) in [6.07, 6.45) is 8.25. The fourth-order valence-electron chi connectivity index (χ4n) is 2.30. The first-order valence-corrected chi connectivity index (χ1v) is 6.65. The number of carbonyl (C=O) groups excluding carboxylic acids is 1. The highest BCUT2D eigenvalue weighted by Gasteiger charge is 2.18. The quantitative estimate of drug-likeness (QED) is 0.845. The second kappa shape index (κ2) is 5.54. The van der Waals surface area contributed by atoms with Crippen LogP contribution in [0.4, 0.5) is 5.82 Å². The van der Waals surface area contributed by atoms with Gasteiger partial charge in [-0.25, -0.2) is 0 Å². The third-order valence-corrected chi connectivity index (χ3v) is 3.49. The Kier molecular flexibility index (Phi) is 4.05. The minimum atomic E-state index is -0.205. The molecule has 0 spiro atoms. The fourth-order valence-corrected chi connectivity index (χ4v) is 2.37. The number of aryl methyl sites for hydroxylation is 1. The topological polar surface area (TPSA) is 46.9 Å². The van der Waals surface area contributed by atoms with E-state index in [2.05, 4.69) is 10.4 Å². The summed E-state index contributed by atoms with van der Waals surface area (Å²) in [5, 5.41) is 7.16. The van der Waals surface area contributed by atoms with Crippen LogP contribution in [-0.4, -0.2) is 21.6 Å². The first kappa shape index (κ1) is 12.4. The summed E-state index contributed by atoms with van der Waals surface area (Å²) < 4.78 is 2.00. The zero-order chi connectivity index (χ0) is 12.3. The average molecular weight is 256 g/mol. The molecule has 1 fully saturated rings. The van der Waals surface area contributed by atoms with Gasteiger partial charge in [0.2, 0.25) is 5.91 Å². The maximum absolute atomic E-state index is 11.2. The SMILES string of the molecule is Cc1cn(C2CCCCC2)nc1NC(=O)CCl. The lowest BCUT2D eigenvalue weighted by Crippen LogP contribution is -2.16. The Morgan fingerprint density at radius 2 is 2.24 bits per heavy atom. The van der Waals surface area contributed by atoms with E-state index in [0.717, 1.165) is 5.56 Å². The van der Waals surface area contributed by atoms with E-state index in [1.54, 1.807) is 0 Å². The number of hydrogen-bond acceptors (Lipinski definition) is 2. The molecule has 4 nitrogen and oxygen atoms in total. The van der Waals surface area contributed by atoms with Gasteiger partial charge in [0.05, 0.1) is 6.04 Å². The molecule has 1 aromatic heterocycles. The van der Waals surface area contributed by atoms with Gasteiger partial charge >= 0.3 is 0 Å². The lowest BCUT2D eigenvalue weighted by Gasteiger charge is -2.21. The predicted octanol–water partition coefficient (Wildman–Crippen LogP) is 2.87.